The van der Waals surface area contributed by atoms with E-state index in [-0.39, 0.29) is 5.91 Å². The van der Waals surface area contributed by atoms with Crippen molar-refractivity contribution < 1.29 is 23.7 Å². The van der Waals surface area contributed by atoms with Crippen LogP contribution in [0.3, 0.4) is 0 Å². The second-order valence-corrected chi connectivity index (χ2v) is 9.49. The van der Waals surface area contributed by atoms with Crippen molar-refractivity contribution in [3.05, 3.63) is 119 Å². The van der Waals surface area contributed by atoms with Crippen molar-refractivity contribution in [1.82, 2.24) is 9.55 Å². The summed E-state index contributed by atoms with van der Waals surface area (Å²) in [5.74, 6) is 8.90. The van der Waals surface area contributed by atoms with Gasteiger partial charge in [-0.2, -0.15) is 0 Å². The molecule has 0 fully saturated rings. The predicted molar refractivity (Wildman–Crippen MR) is 166 cm³/mol. The minimum Gasteiger partial charge on any atom is -0.497 e. The molecule has 0 aliphatic carbocycles. The van der Waals surface area contributed by atoms with Gasteiger partial charge in [0.1, 0.15) is 29.5 Å². The second-order valence-electron chi connectivity index (χ2n) is 9.49. The Labute approximate surface area is 250 Å². The fourth-order valence-corrected chi connectivity index (χ4v) is 4.35. The number of nitrogens with zero attached hydrogens (tertiary/aromatic N) is 2. The first-order valence-corrected chi connectivity index (χ1v) is 13.5. The highest BCUT2D eigenvalue weighted by atomic mass is 16.5. The molecular weight excluding hydrogens is 542 g/mol. The lowest BCUT2D eigenvalue weighted by Gasteiger charge is -2.12. The average molecular weight is 574 g/mol. The molecule has 1 aromatic heterocycles. The van der Waals surface area contributed by atoms with Crippen molar-refractivity contribution in [2.45, 2.75) is 6.61 Å². The summed E-state index contributed by atoms with van der Waals surface area (Å²) in [4.78, 5) is 18.2. The van der Waals surface area contributed by atoms with Crippen LogP contribution in [0.4, 0.5) is 5.95 Å². The molecule has 1 amide bonds. The first-order valence-electron chi connectivity index (χ1n) is 13.5. The molecule has 0 aliphatic rings. The monoisotopic (exact) mass is 573 g/mol. The molecule has 1 N–H and O–H groups in total. The number of hydrogen-bond acceptors (Lipinski definition) is 6. The van der Waals surface area contributed by atoms with Crippen LogP contribution in [0.5, 0.6) is 23.0 Å². The summed E-state index contributed by atoms with van der Waals surface area (Å²) in [5, 5.41) is 2.93. The lowest BCUT2D eigenvalue weighted by atomic mass is 10.1. The summed E-state index contributed by atoms with van der Waals surface area (Å²) in [6.45, 7) is 0.379. The largest absolute Gasteiger partial charge is 0.497 e. The number of imidazole rings is 1. The van der Waals surface area contributed by atoms with E-state index in [4.69, 9.17) is 23.9 Å². The first kappa shape index (κ1) is 28.8. The number of nitrogens with one attached hydrogen (secondary N) is 1. The van der Waals surface area contributed by atoms with Crippen LogP contribution in [0.1, 0.15) is 27.2 Å². The molecule has 0 saturated heterocycles. The summed E-state index contributed by atoms with van der Waals surface area (Å²) >= 11 is 0. The van der Waals surface area contributed by atoms with Crippen LogP contribution in [-0.4, -0.2) is 36.8 Å². The SMILES string of the molecule is COc1ccc(C#Cc2c(-c3ccc(OC)cc3)nc(NC(=O)c3ccc(OCc4ccccc4)c(OC)c3)n2C)cc1. The van der Waals surface area contributed by atoms with E-state index in [2.05, 4.69) is 17.2 Å². The predicted octanol–water partition coefficient (Wildman–Crippen LogP) is 6.34. The summed E-state index contributed by atoms with van der Waals surface area (Å²) in [6.07, 6.45) is 0. The van der Waals surface area contributed by atoms with Gasteiger partial charge in [-0.1, -0.05) is 36.3 Å². The maximum absolute atomic E-state index is 13.4. The highest BCUT2D eigenvalue weighted by molar-refractivity contribution is 6.04. The maximum Gasteiger partial charge on any atom is 0.258 e. The van der Waals surface area contributed by atoms with Crippen LogP contribution in [0.15, 0.2) is 97.1 Å². The zero-order valence-corrected chi connectivity index (χ0v) is 24.4. The molecule has 0 atom stereocenters. The normalized spacial score (nSPS) is 10.3. The quantitative estimate of drug-likeness (QED) is 0.207. The third-order valence-electron chi connectivity index (χ3n) is 6.76. The number of amides is 1. The number of rotatable bonds is 9. The highest BCUT2D eigenvalue weighted by Gasteiger charge is 2.19. The minimum atomic E-state index is -0.350. The Morgan fingerprint density at radius 1 is 0.791 bits per heavy atom. The molecule has 5 aromatic rings. The number of benzene rings is 4. The maximum atomic E-state index is 13.4. The lowest BCUT2D eigenvalue weighted by Crippen LogP contribution is -2.15. The van der Waals surface area contributed by atoms with Gasteiger partial charge in [-0.05, 0) is 78.2 Å². The third kappa shape index (κ3) is 6.80. The van der Waals surface area contributed by atoms with E-state index in [1.54, 1.807) is 44.1 Å². The van der Waals surface area contributed by atoms with Gasteiger partial charge in [0, 0.05) is 23.7 Å². The zero-order chi connectivity index (χ0) is 30.2. The second kappa shape index (κ2) is 13.3. The van der Waals surface area contributed by atoms with Gasteiger partial charge in [0.05, 0.1) is 21.3 Å². The van der Waals surface area contributed by atoms with Crippen LogP contribution < -0.4 is 24.3 Å². The van der Waals surface area contributed by atoms with E-state index in [0.717, 1.165) is 28.2 Å². The standard InChI is InChI=1S/C35H31N3O5/c1-38-30(20-12-24-10-16-28(40-2)17-11-24)33(26-13-18-29(41-3)19-14-26)36-35(38)37-34(39)27-15-21-31(32(22-27)42-4)43-23-25-8-6-5-7-9-25/h5-11,13-19,21-22H,23H2,1-4H3,(H,36,37,39). The molecule has 0 aliphatic heterocycles. The third-order valence-corrected chi connectivity index (χ3v) is 6.76. The van der Waals surface area contributed by atoms with Crippen molar-refractivity contribution in [2.24, 2.45) is 7.05 Å². The molecule has 0 bridgehead atoms. The van der Waals surface area contributed by atoms with Gasteiger partial charge in [-0.15, -0.1) is 0 Å². The molecule has 5 rings (SSSR count). The van der Waals surface area contributed by atoms with E-state index >= 15 is 0 Å². The van der Waals surface area contributed by atoms with Crippen molar-refractivity contribution in [2.75, 3.05) is 26.6 Å². The molecule has 216 valence electrons. The molecule has 0 spiro atoms. The molecule has 1 heterocycles. The Bertz CT molecular complexity index is 1770. The van der Waals surface area contributed by atoms with Gasteiger partial charge in [0.25, 0.3) is 5.91 Å². The molecule has 0 saturated carbocycles. The van der Waals surface area contributed by atoms with Gasteiger partial charge < -0.3 is 23.5 Å². The molecule has 8 nitrogen and oxygen atoms in total. The van der Waals surface area contributed by atoms with E-state index < -0.39 is 0 Å². The fraction of sp³-hybridized carbons (Fsp3) is 0.143. The number of carbonyl (C=O) groups is 1. The number of carbonyl (C=O) groups excluding carboxylic acids is 1. The first-order chi connectivity index (χ1) is 21.0. The molecule has 8 heteroatoms. The number of ether oxygens (including phenoxy) is 4. The Morgan fingerprint density at radius 2 is 1.47 bits per heavy atom. The van der Waals surface area contributed by atoms with Crippen molar-refractivity contribution >= 4 is 11.9 Å². The van der Waals surface area contributed by atoms with E-state index in [1.807, 2.05) is 85.9 Å². The van der Waals surface area contributed by atoms with E-state index in [9.17, 15) is 4.79 Å². The van der Waals surface area contributed by atoms with E-state index in [1.165, 1.54) is 0 Å². The molecule has 43 heavy (non-hydrogen) atoms. The van der Waals surface area contributed by atoms with E-state index in [0.29, 0.717) is 41.0 Å². The summed E-state index contributed by atoms with van der Waals surface area (Å²) in [5.41, 5.74) is 4.33. The average Bonchev–Trinajstić information content (AvgIpc) is 3.37. The zero-order valence-electron chi connectivity index (χ0n) is 24.4. The molecule has 4 aromatic carbocycles. The van der Waals surface area contributed by atoms with Crippen molar-refractivity contribution in [3.63, 3.8) is 0 Å². The smallest absolute Gasteiger partial charge is 0.258 e. The number of methoxy groups -OCH3 is 3. The Balaban J connectivity index is 1.42. The van der Waals surface area contributed by atoms with Crippen LogP contribution in [0.2, 0.25) is 0 Å². The lowest BCUT2D eigenvalue weighted by molar-refractivity contribution is 0.102. The molecule has 0 radical (unpaired) electrons. The summed E-state index contributed by atoms with van der Waals surface area (Å²) < 4.78 is 23.8. The topological polar surface area (TPSA) is 83.8 Å². The summed E-state index contributed by atoms with van der Waals surface area (Å²) in [7, 11) is 6.60. The Morgan fingerprint density at radius 3 is 2.12 bits per heavy atom. The Kier molecular flexibility index (Phi) is 8.93. The molecule has 0 unspecified atom stereocenters. The molecular formula is C35H31N3O5. The summed E-state index contributed by atoms with van der Waals surface area (Å²) in [6, 6.07) is 29.9. The van der Waals surface area contributed by atoms with Gasteiger partial charge in [0.15, 0.2) is 11.5 Å². The number of hydrogen-bond donors (Lipinski definition) is 1. The van der Waals surface area contributed by atoms with Crippen LogP contribution in [-0.2, 0) is 13.7 Å². The minimum absolute atomic E-state index is 0.346. The number of anilines is 1. The van der Waals surface area contributed by atoms with Crippen LogP contribution >= 0.6 is 0 Å². The van der Waals surface area contributed by atoms with Crippen LogP contribution in [0.25, 0.3) is 11.3 Å². The van der Waals surface area contributed by atoms with Crippen LogP contribution in [0, 0.1) is 11.8 Å². The van der Waals surface area contributed by atoms with Gasteiger partial charge in [0.2, 0.25) is 5.95 Å². The van der Waals surface area contributed by atoms with Gasteiger partial charge >= 0.3 is 0 Å². The highest BCUT2D eigenvalue weighted by Crippen LogP contribution is 2.30. The number of aromatic nitrogens is 2. The van der Waals surface area contributed by atoms with Crippen molar-refractivity contribution in [3.8, 4) is 46.1 Å². The Hall–Kier alpha value is -5.68. The fourth-order valence-electron chi connectivity index (χ4n) is 4.35. The van der Waals surface area contributed by atoms with Crippen molar-refractivity contribution in [1.29, 1.82) is 0 Å². The van der Waals surface area contributed by atoms with Gasteiger partial charge in [-0.25, -0.2) is 4.98 Å². The van der Waals surface area contributed by atoms with Gasteiger partial charge in [-0.3, -0.25) is 10.1 Å².